The van der Waals surface area contributed by atoms with E-state index >= 15 is 0 Å². The molecular formula is C23H25N3OS2. The maximum Gasteiger partial charge on any atom is 0.236 e. The molecule has 1 N–H and O–H groups in total. The van der Waals surface area contributed by atoms with Crippen LogP contribution >= 0.6 is 23.1 Å². The minimum Gasteiger partial charge on any atom is -0.301 e. The molecule has 0 aliphatic carbocycles. The fourth-order valence-corrected chi connectivity index (χ4v) is 5.68. The summed E-state index contributed by atoms with van der Waals surface area (Å²) in [4.78, 5) is 21.0. The molecule has 0 fully saturated rings. The Kier molecular flexibility index (Phi) is 6.64. The number of likely N-dealkylation sites (N-methyl/N-ethyl adjacent to an activating group) is 1. The summed E-state index contributed by atoms with van der Waals surface area (Å²) in [6.45, 7) is 5.22. The summed E-state index contributed by atoms with van der Waals surface area (Å²) in [5.74, 6) is 0.394. The van der Waals surface area contributed by atoms with Gasteiger partial charge in [0.2, 0.25) is 5.91 Å². The van der Waals surface area contributed by atoms with Crippen LogP contribution in [0.25, 0.3) is 0 Å². The van der Waals surface area contributed by atoms with E-state index in [1.807, 2.05) is 36.4 Å². The molecule has 0 saturated heterocycles. The fourth-order valence-electron chi connectivity index (χ4n) is 3.53. The van der Waals surface area contributed by atoms with Gasteiger partial charge in [-0.05, 0) is 17.7 Å². The first-order valence-electron chi connectivity index (χ1n) is 9.95. The largest absolute Gasteiger partial charge is 0.301 e. The number of aromatic nitrogens is 1. The second-order valence-corrected chi connectivity index (χ2v) is 9.25. The first-order chi connectivity index (χ1) is 14.2. The smallest absolute Gasteiger partial charge is 0.236 e. The van der Waals surface area contributed by atoms with Crippen LogP contribution < -0.4 is 5.32 Å². The monoisotopic (exact) mass is 423 g/mol. The number of thiazole rings is 1. The zero-order valence-corrected chi connectivity index (χ0v) is 18.1. The van der Waals surface area contributed by atoms with Crippen molar-refractivity contribution in [3.63, 3.8) is 0 Å². The normalized spacial score (nSPS) is 14.0. The third-order valence-electron chi connectivity index (χ3n) is 5.09. The van der Waals surface area contributed by atoms with Crippen molar-refractivity contribution in [1.82, 2.24) is 9.88 Å². The Bertz CT molecular complexity index is 904. The van der Waals surface area contributed by atoms with Crippen LogP contribution in [0, 0.1) is 0 Å². The van der Waals surface area contributed by atoms with Gasteiger partial charge in [0.05, 0.1) is 16.7 Å². The summed E-state index contributed by atoms with van der Waals surface area (Å²) in [5, 5.41) is 3.88. The average molecular weight is 424 g/mol. The molecule has 2 heterocycles. The molecule has 0 radical (unpaired) electrons. The van der Waals surface area contributed by atoms with Gasteiger partial charge in [-0.25, -0.2) is 4.98 Å². The molecule has 0 bridgehead atoms. The van der Waals surface area contributed by atoms with E-state index < -0.39 is 0 Å². The zero-order valence-electron chi connectivity index (χ0n) is 16.5. The van der Waals surface area contributed by atoms with E-state index in [9.17, 15) is 4.79 Å². The van der Waals surface area contributed by atoms with Crippen LogP contribution in [-0.4, -0.2) is 34.6 Å². The Morgan fingerprint density at radius 2 is 1.79 bits per heavy atom. The second kappa shape index (κ2) is 9.57. The predicted octanol–water partition coefficient (Wildman–Crippen LogP) is 4.98. The minimum absolute atomic E-state index is 0.00491. The van der Waals surface area contributed by atoms with Crippen LogP contribution in [0.3, 0.4) is 0 Å². The molecule has 150 valence electrons. The molecule has 4 nitrogen and oxygen atoms in total. The molecule has 6 heteroatoms. The summed E-state index contributed by atoms with van der Waals surface area (Å²) in [7, 11) is 0. The molecule has 1 aliphatic rings. The number of fused-ring (bicyclic) bond motifs is 1. The first kappa shape index (κ1) is 20.1. The number of benzene rings is 2. The van der Waals surface area contributed by atoms with Gasteiger partial charge in [-0.2, -0.15) is 0 Å². The van der Waals surface area contributed by atoms with E-state index in [0.717, 1.165) is 36.9 Å². The van der Waals surface area contributed by atoms with Crippen LogP contribution in [0.1, 0.15) is 33.9 Å². The van der Waals surface area contributed by atoms with Crippen molar-refractivity contribution in [2.45, 2.75) is 25.1 Å². The number of carbonyl (C=O) groups excluding carboxylic acids is 1. The second-order valence-electron chi connectivity index (χ2n) is 7.07. The quantitative estimate of drug-likeness (QED) is 0.582. The Hall–Kier alpha value is -2.15. The van der Waals surface area contributed by atoms with E-state index in [1.54, 1.807) is 23.1 Å². The molecule has 0 unspecified atom stereocenters. The maximum absolute atomic E-state index is 12.6. The van der Waals surface area contributed by atoms with E-state index in [-0.39, 0.29) is 11.2 Å². The van der Waals surface area contributed by atoms with Crippen molar-refractivity contribution >= 4 is 34.1 Å². The highest BCUT2D eigenvalue weighted by molar-refractivity contribution is 8.00. The van der Waals surface area contributed by atoms with Crippen LogP contribution in [0.4, 0.5) is 5.13 Å². The van der Waals surface area contributed by atoms with Gasteiger partial charge in [-0.15, -0.1) is 23.1 Å². The van der Waals surface area contributed by atoms with Crippen LogP contribution in [0.2, 0.25) is 0 Å². The number of amides is 1. The lowest BCUT2D eigenvalue weighted by atomic mass is 10.0. The van der Waals surface area contributed by atoms with Crippen molar-refractivity contribution in [3.8, 4) is 0 Å². The van der Waals surface area contributed by atoms with Crippen molar-refractivity contribution in [2.24, 2.45) is 0 Å². The summed E-state index contributed by atoms with van der Waals surface area (Å²) in [5.41, 5.74) is 3.57. The van der Waals surface area contributed by atoms with Gasteiger partial charge in [0.25, 0.3) is 0 Å². The molecule has 2 aromatic carbocycles. The lowest BCUT2D eigenvalue weighted by Crippen LogP contribution is -2.29. The predicted molar refractivity (Wildman–Crippen MR) is 123 cm³/mol. The number of nitrogens with zero attached hydrogens (tertiary/aromatic N) is 2. The molecule has 1 aliphatic heterocycles. The topological polar surface area (TPSA) is 45.2 Å². The highest BCUT2D eigenvalue weighted by atomic mass is 32.2. The standard InChI is InChI=1S/C23H25N3OS2/c1-2-26-14-13-19-20(15-26)29-23(24-19)25-21(27)16-28-22(17-9-5-3-6-10-17)18-11-7-4-8-12-18/h3-12,22H,2,13-16H2,1H3,(H,24,25,27). The lowest BCUT2D eigenvalue weighted by Gasteiger charge is -2.23. The van der Waals surface area contributed by atoms with Crippen LogP contribution in [0.15, 0.2) is 60.7 Å². The number of rotatable bonds is 7. The molecule has 1 aromatic heterocycles. The van der Waals surface area contributed by atoms with Gasteiger partial charge in [0.15, 0.2) is 5.13 Å². The van der Waals surface area contributed by atoms with E-state index in [2.05, 4.69) is 46.4 Å². The van der Waals surface area contributed by atoms with Crippen molar-refractivity contribution in [3.05, 3.63) is 82.4 Å². The number of hydrogen-bond acceptors (Lipinski definition) is 5. The van der Waals surface area contributed by atoms with E-state index in [1.165, 1.54) is 16.0 Å². The van der Waals surface area contributed by atoms with Gasteiger partial charge < -0.3 is 5.32 Å². The average Bonchev–Trinajstić information content (AvgIpc) is 3.16. The number of anilines is 1. The number of nitrogens with one attached hydrogen (secondary N) is 1. The highest BCUT2D eigenvalue weighted by Gasteiger charge is 2.21. The Balaban J connectivity index is 1.41. The summed E-state index contributed by atoms with van der Waals surface area (Å²) < 4.78 is 0. The Labute approximate surface area is 180 Å². The van der Waals surface area contributed by atoms with Gasteiger partial charge in [-0.3, -0.25) is 9.69 Å². The highest BCUT2D eigenvalue weighted by Crippen LogP contribution is 2.35. The van der Waals surface area contributed by atoms with Crippen molar-refractivity contribution in [2.75, 3.05) is 24.2 Å². The SMILES string of the molecule is CCN1CCc2nc(NC(=O)CSC(c3ccccc3)c3ccccc3)sc2C1. The Morgan fingerprint density at radius 1 is 1.14 bits per heavy atom. The summed E-state index contributed by atoms with van der Waals surface area (Å²) in [6, 6.07) is 20.7. The minimum atomic E-state index is 0.00491. The third kappa shape index (κ3) is 5.07. The van der Waals surface area contributed by atoms with E-state index in [0.29, 0.717) is 5.75 Å². The summed E-state index contributed by atoms with van der Waals surface area (Å²) >= 11 is 3.27. The van der Waals surface area contributed by atoms with Gasteiger partial charge in [-0.1, -0.05) is 67.6 Å². The van der Waals surface area contributed by atoms with Gasteiger partial charge >= 0.3 is 0 Å². The molecule has 4 rings (SSSR count). The molecule has 0 atom stereocenters. The molecule has 0 spiro atoms. The molecule has 0 saturated carbocycles. The van der Waals surface area contributed by atoms with Gasteiger partial charge in [0.1, 0.15) is 0 Å². The lowest BCUT2D eigenvalue weighted by molar-refractivity contribution is -0.113. The molecule has 1 amide bonds. The molecule has 3 aromatic rings. The van der Waals surface area contributed by atoms with E-state index in [4.69, 9.17) is 0 Å². The fraction of sp³-hybridized carbons (Fsp3) is 0.304. The Morgan fingerprint density at radius 3 is 2.41 bits per heavy atom. The first-order valence-corrected chi connectivity index (χ1v) is 11.8. The van der Waals surface area contributed by atoms with Crippen LogP contribution in [-0.2, 0) is 17.8 Å². The number of hydrogen-bond donors (Lipinski definition) is 1. The van der Waals surface area contributed by atoms with Crippen molar-refractivity contribution in [1.29, 1.82) is 0 Å². The third-order valence-corrected chi connectivity index (χ3v) is 7.39. The number of carbonyl (C=O) groups is 1. The van der Waals surface area contributed by atoms with Gasteiger partial charge in [0, 0.05) is 24.4 Å². The summed E-state index contributed by atoms with van der Waals surface area (Å²) in [6.07, 6.45) is 0.967. The maximum atomic E-state index is 12.6. The van der Waals surface area contributed by atoms with Crippen molar-refractivity contribution < 1.29 is 4.79 Å². The molecular weight excluding hydrogens is 398 g/mol. The molecule has 29 heavy (non-hydrogen) atoms. The van der Waals surface area contributed by atoms with Crippen LogP contribution in [0.5, 0.6) is 0 Å². The zero-order chi connectivity index (χ0) is 20.1. The number of thioether (sulfide) groups is 1.